The van der Waals surface area contributed by atoms with Crippen LogP contribution in [0.4, 0.5) is 11.4 Å². The van der Waals surface area contributed by atoms with Crippen molar-refractivity contribution in [2.24, 2.45) is 5.10 Å². The summed E-state index contributed by atoms with van der Waals surface area (Å²) in [4.78, 5) is 48.7. The van der Waals surface area contributed by atoms with Gasteiger partial charge in [0.2, 0.25) is 0 Å². The Hall–Kier alpha value is -5.25. The van der Waals surface area contributed by atoms with Crippen LogP contribution < -0.4 is 15.1 Å². The number of methoxy groups -OCH3 is 1. The first kappa shape index (κ1) is 25.8. The number of rotatable bonds is 8. The maximum Gasteiger partial charge on any atom is 0.339 e. The summed E-state index contributed by atoms with van der Waals surface area (Å²) >= 11 is 0. The summed E-state index contributed by atoms with van der Waals surface area (Å²) in [6, 6.07) is 19.2. The number of amides is 2. The van der Waals surface area contributed by atoms with Crippen LogP contribution in [0.15, 0.2) is 83.5 Å². The van der Waals surface area contributed by atoms with Gasteiger partial charge in [0, 0.05) is 5.56 Å². The SMILES string of the molecule is COC(=O)c1ccccc1NC(=O)COc1ccccc1C=C1C(=O)N(c2ccc(C(=O)O)cc2)N=C1C. The molecule has 0 aromatic heterocycles. The Morgan fingerprint density at radius 3 is 2.39 bits per heavy atom. The van der Waals surface area contributed by atoms with E-state index in [0.717, 1.165) is 0 Å². The number of carboxylic acids is 1. The number of hydrogen-bond donors (Lipinski definition) is 2. The number of aromatic carboxylic acids is 1. The Morgan fingerprint density at radius 2 is 1.68 bits per heavy atom. The van der Waals surface area contributed by atoms with E-state index in [-0.39, 0.29) is 17.7 Å². The zero-order chi connectivity index (χ0) is 27.2. The third-order valence-corrected chi connectivity index (χ3v) is 5.61. The number of nitrogens with zero attached hydrogens (tertiary/aromatic N) is 2. The molecule has 2 N–H and O–H groups in total. The Labute approximate surface area is 217 Å². The van der Waals surface area contributed by atoms with Crippen molar-refractivity contribution in [2.45, 2.75) is 6.92 Å². The fourth-order valence-corrected chi connectivity index (χ4v) is 3.70. The van der Waals surface area contributed by atoms with Crippen LogP contribution in [0.25, 0.3) is 6.08 Å². The van der Waals surface area contributed by atoms with E-state index in [0.29, 0.717) is 34.0 Å². The van der Waals surface area contributed by atoms with Crippen LogP contribution in [0.5, 0.6) is 5.75 Å². The van der Waals surface area contributed by atoms with Crippen molar-refractivity contribution in [1.29, 1.82) is 0 Å². The Morgan fingerprint density at radius 1 is 1.00 bits per heavy atom. The highest BCUT2D eigenvalue weighted by Crippen LogP contribution is 2.28. The second kappa shape index (κ2) is 11.2. The molecule has 10 heteroatoms. The predicted octanol–water partition coefficient (Wildman–Crippen LogP) is 4.00. The summed E-state index contributed by atoms with van der Waals surface area (Å²) in [5, 5.41) is 17.2. The highest BCUT2D eigenvalue weighted by atomic mass is 16.5. The van der Waals surface area contributed by atoms with Gasteiger partial charge < -0.3 is 19.9 Å². The number of esters is 1. The van der Waals surface area contributed by atoms with E-state index in [1.54, 1.807) is 55.5 Å². The Balaban J connectivity index is 1.48. The highest BCUT2D eigenvalue weighted by Gasteiger charge is 2.29. The smallest absolute Gasteiger partial charge is 0.339 e. The summed E-state index contributed by atoms with van der Waals surface area (Å²) < 4.78 is 10.5. The summed E-state index contributed by atoms with van der Waals surface area (Å²) in [5.41, 5.74) is 2.37. The maximum absolute atomic E-state index is 13.1. The molecule has 38 heavy (non-hydrogen) atoms. The van der Waals surface area contributed by atoms with Gasteiger partial charge in [-0.05, 0) is 55.5 Å². The van der Waals surface area contributed by atoms with E-state index >= 15 is 0 Å². The number of hydrogen-bond acceptors (Lipinski definition) is 7. The lowest BCUT2D eigenvalue weighted by molar-refractivity contribution is -0.118. The zero-order valence-electron chi connectivity index (χ0n) is 20.5. The zero-order valence-corrected chi connectivity index (χ0v) is 20.5. The quantitative estimate of drug-likeness (QED) is 0.343. The number of para-hydroxylation sites is 2. The topological polar surface area (TPSA) is 135 Å². The molecule has 0 unspecified atom stereocenters. The number of hydrazone groups is 1. The monoisotopic (exact) mass is 513 g/mol. The number of carboxylic acid groups (broad SMARTS) is 1. The van der Waals surface area contributed by atoms with Gasteiger partial charge in [0.15, 0.2) is 6.61 Å². The van der Waals surface area contributed by atoms with Gasteiger partial charge in [-0.2, -0.15) is 10.1 Å². The molecule has 10 nitrogen and oxygen atoms in total. The van der Waals surface area contributed by atoms with Crippen molar-refractivity contribution in [3.63, 3.8) is 0 Å². The average Bonchev–Trinajstić information content (AvgIpc) is 3.20. The molecule has 0 spiro atoms. The maximum atomic E-state index is 13.1. The molecule has 1 aliphatic rings. The molecular weight excluding hydrogens is 490 g/mol. The van der Waals surface area contributed by atoms with Gasteiger partial charge in [0.1, 0.15) is 5.75 Å². The normalized spacial score (nSPS) is 13.7. The van der Waals surface area contributed by atoms with Crippen molar-refractivity contribution in [2.75, 3.05) is 24.0 Å². The van der Waals surface area contributed by atoms with Crippen LogP contribution in [0.2, 0.25) is 0 Å². The second-order valence-corrected chi connectivity index (χ2v) is 8.12. The number of nitrogens with one attached hydrogen (secondary N) is 1. The summed E-state index contributed by atoms with van der Waals surface area (Å²) in [6.07, 6.45) is 1.62. The first-order valence-corrected chi connectivity index (χ1v) is 11.4. The number of ether oxygens (including phenoxy) is 2. The van der Waals surface area contributed by atoms with Crippen LogP contribution >= 0.6 is 0 Å². The molecule has 192 valence electrons. The molecule has 3 aromatic carbocycles. The minimum absolute atomic E-state index is 0.0979. The molecule has 1 aliphatic heterocycles. The molecule has 0 saturated heterocycles. The van der Waals surface area contributed by atoms with E-state index in [1.807, 2.05) is 0 Å². The molecule has 0 atom stereocenters. The Bertz CT molecular complexity index is 1480. The second-order valence-electron chi connectivity index (χ2n) is 8.12. The minimum Gasteiger partial charge on any atom is -0.483 e. The Kier molecular flexibility index (Phi) is 7.62. The largest absolute Gasteiger partial charge is 0.483 e. The van der Waals surface area contributed by atoms with Crippen LogP contribution in [0, 0.1) is 0 Å². The van der Waals surface area contributed by atoms with E-state index in [2.05, 4.69) is 10.4 Å². The van der Waals surface area contributed by atoms with E-state index in [4.69, 9.17) is 14.6 Å². The number of carbonyl (C=O) groups excluding carboxylic acids is 3. The lowest BCUT2D eigenvalue weighted by atomic mass is 10.1. The molecule has 0 radical (unpaired) electrons. The molecule has 3 aromatic rings. The van der Waals surface area contributed by atoms with Crippen LogP contribution in [0.1, 0.15) is 33.2 Å². The lowest BCUT2D eigenvalue weighted by Crippen LogP contribution is -2.22. The van der Waals surface area contributed by atoms with Crippen molar-refractivity contribution in [1.82, 2.24) is 0 Å². The lowest BCUT2D eigenvalue weighted by Gasteiger charge is -2.13. The van der Waals surface area contributed by atoms with E-state index in [9.17, 15) is 19.2 Å². The van der Waals surface area contributed by atoms with E-state index in [1.165, 1.54) is 42.5 Å². The van der Waals surface area contributed by atoms with Gasteiger partial charge >= 0.3 is 11.9 Å². The summed E-state index contributed by atoms with van der Waals surface area (Å²) in [7, 11) is 1.26. The third-order valence-electron chi connectivity index (χ3n) is 5.61. The van der Waals surface area contributed by atoms with Gasteiger partial charge in [0.05, 0.1) is 40.9 Å². The van der Waals surface area contributed by atoms with Crippen LogP contribution in [0.3, 0.4) is 0 Å². The first-order chi connectivity index (χ1) is 18.3. The summed E-state index contributed by atoms with van der Waals surface area (Å²) in [6.45, 7) is 1.34. The van der Waals surface area contributed by atoms with Crippen LogP contribution in [-0.4, -0.2) is 48.3 Å². The molecule has 1 heterocycles. The fraction of sp³-hybridized carbons (Fsp3) is 0.107. The van der Waals surface area contributed by atoms with Gasteiger partial charge in [-0.3, -0.25) is 9.59 Å². The third kappa shape index (κ3) is 5.59. The highest BCUT2D eigenvalue weighted by molar-refractivity contribution is 6.32. The van der Waals surface area contributed by atoms with E-state index < -0.39 is 23.8 Å². The van der Waals surface area contributed by atoms with Crippen molar-refractivity contribution >= 4 is 46.9 Å². The molecule has 4 rings (SSSR count). The van der Waals surface area contributed by atoms with Gasteiger partial charge in [-0.1, -0.05) is 30.3 Å². The minimum atomic E-state index is -1.07. The number of benzene rings is 3. The first-order valence-electron chi connectivity index (χ1n) is 11.4. The molecular formula is C28H23N3O7. The standard InChI is InChI=1S/C28H23N3O7/c1-17-22(26(33)31(30-17)20-13-11-18(12-14-20)27(34)35)15-19-7-3-6-10-24(19)38-16-25(32)29-23-9-5-4-8-21(23)28(36)37-2/h3-15H,16H2,1-2H3,(H,29,32)(H,34,35). The number of carbonyl (C=O) groups is 4. The molecule has 0 bridgehead atoms. The molecule has 0 aliphatic carbocycles. The van der Waals surface area contributed by atoms with Gasteiger partial charge in [-0.25, -0.2) is 9.59 Å². The van der Waals surface area contributed by atoms with Crippen LogP contribution in [-0.2, 0) is 14.3 Å². The molecule has 0 fully saturated rings. The molecule has 2 amide bonds. The summed E-state index contributed by atoms with van der Waals surface area (Å²) in [5.74, 6) is -2.17. The van der Waals surface area contributed by atoms with Crippen molar-refractivity contribution < 1.29 is 33.8 Å². The molecule has 0 saturated carbocycles. The fourth-order valence-electron chi connectivity index (χ4n) is 3.70. The van der Waals surface area contributed by atoms with Gasteiger partial charge in [0.25, 0.3) is 11.8 Å². The van der Waals surface area contributed by atoms with Gasteiger partial charge in [-0.15, -0.1) is 0 Å². The number of anilines is 2. The van der Waals surface area contributed by atoms with Crippen molar-refractivity contribution in [3.8, 4) is 5.75 Å². The predicted molar refractivity (Wildman–Crippen MR) is 140 cm³/mol. The van der Waals surface area contributed by atoms with Crippen molar-refractivity contribution in [3.05, 3.63) is 95.1 Å². The average molecular weight is 514 g/mol.